The lowest BCUT2D eigenvalue weighted by atomic mass is 10.5. The third-order valence-electron chi connectivity index (χ3n) is 0.925. The number of hydrogen-bond donors (Lipinski definition) is 0. The summed E-state index contributed by atoms with van der Waals surface area (Å²) < 4.78 is -0.249. The van der Waals surface area contributed by atoms with Crippen LogP contribution in [0, 0.1) is 0 Å². The highest BCUT2D eigenvalue weighted by Gasteiger charge is 2.23. The van der Waals surface area contributed by atoms with E-state index in [1.165, 1.54) is 0 Å². The van der Waals surface area contributed by atoms with Crippen LogP contribution in [-0.2, 0) is 0 Å². The Morgan fingerprint density at radius 2 is 2.00 bits per heavy atom. The van der Waals surface area contributed by atoms with E-state index in [-0.39, 0.29) is 4.21 Å². The fraction of sp³-hybridized carbons (Fsp3) is 1.00. The predicted octanol–water partition coefficient (Wildman–Crippen LogP) is 2.89. The van der Waals surface area contributed by atoms with Gasteiger partial charge in [-0.1, -0.05) is 0 Å². The fourth-order valence-electron chi connectivity index (χ4n) is 0.368. The molecule has 56 valence electrons. The van der Waals surface area contributed by atoms with Crippen LogP contribution in [0.3, 0.4) is 0 Å². The van der Waals surface area contributed by atoms with Gasteiger partial charge < -0.3 is 0 Å². The highest BCUT2D eigenvalue weighted by atomic mass is 35.5. The summed E-state index contributed by atoms with van der Waals surface area (Å²) in [5, 5.41) is 0. The van der Waals surface area contributed by atoms with Gasteiger partial charge >= 0.3 is 0 Å². The Bertz CT molecular complexity index is 73.4. The molecule has 0 aromatic heterocycles. The van der Waals surface area contributed by atoms with E-state index in [9.17, 15) is 0 Å². The second-order valence-electron chi connectivity index (χ2n) is 1.65. The largest absolute Gasteiger partial charge is 0.163 e. The standard InChI is InChI=1S/C5H10Cl2S2/c1-8-4-5(7,3-6)9-2/h3-4H2,1-2H3. The fourth-order valence-corrected chi connectivity index (χ4v) is 2.70. The Morgan fingerprint density at radius 3 is 2.11 bits per heavy atom. The van der Waals surface area contributed by atoms with E-state index < -0.39 is 0 Å². The highest BCUT2D eigenvalue weighted by Crippen LogP contribution is 2.31. The smallest absolute Gasteiger partial charge is 0.112 e. The van der Waals surface area contributed by atoms with E-state index in [4.69, 9.17) is 23.2 Å². The number of rotatable bonds is 4. The van der Waals surface area contributed by atoms with E-state index in [1.807, 2.05) is 12.5 Å². The normalized spacial score (nSPS) is 17.3. The molecule has 0 spiro atoms. The van der Waals surface area contributed by atoms with Gasteiger partial charge in [-0.05, 0) is 12.5 Å². The SMILES string of the molecule is CSCC(Cl)(CCl)SC. The van der Waals surface area contributed by atoms with Crippen LogP contribution < -0.4 is 0 Å². The first-order chi connectivity index (χ1) is 4.18. The predicted molar refractivity (Wildman–Crippen MR) is 51.2 cm³/mol. The molecule has 0 aromatic carbocycles. The van der Waals surface area contributed by atoms with Crippen molar-refractivity contribution in [3.8, 4) is 0 Å². The molecule has 0 bridgehead atoms. The minimum Gasteiger partial charge on any atom is -0.163 e. The first-order valence-electron chi connectivity index (χ1n) is 2.47. The summed E-state index contributed by atoms with van der Waals surface area (Å²) in [5.41, 5.74) is 0. The van der Waals surface area contributed by atoms with Gasteiger partial charge in [0.1, 0.15) is 4.21 Å². The van der Waals surface area contributed by atoms with Crippen molar-refractivity contribution in [2.24, 2.45) is 0 Å². The van der Waals surface area contributed by atoms with E-state index in [0.29, 0.717) is 5.88 Å². The monoisotopic (exact) mass is 204 g/mol. The van der Waals surface area contributed by atoms with Crippen LogP contribution in [0.4, 0.5) is 0 Å². The maximum atomic E-state index is 6.02. The zero-order chi connectivity index (χ0) is 7.33. The van der Waals surface area contributed by atoms with E-state index in [1.54, 1.807) is 23.5 Å². The molecular weight excluding hydrogens is 195 g/mol. The van der Waals surface area contributed by atoms with Crippen LogP contribution in [0.5, 0.6) is 0 Å². The Balaban J connectivity index is 3.62. The van der Waals surface area contributed by atoms with Crippen molar-refractivity contribution in [3.63, 3.8) is 0 Å². The van der Waals surface area contributed by atoms with Crippen LogP contribution in [0.2, 0.25) is 0 Å². The summed E-state index contributed by atoms with van der Waals surface area (Å²) in [4.78, 5) is 0. The van der Waals surface area contributed by atoms with Gasteiger partial charge in [-0.3, -0.25) is 0 Å². The summed E-state index contributed by atoms with van der Waals surface area (Å²) in [6, 6.07) is 0. The molecule has 0 rings (SSSR count). The number of thioether (sulfide) groups is 2. The third kappa shape index (κ3) is 3.87. The molecular formula is C5H10Cl2S2. The molecule has 1 atom stereocenters. The van der Waals surface area contributed by atoms with Crippen molar-refractivity contribution < 1.29 is 0 Å². The quantitative estimate of drug-likeness (QED) is 0.647. The first kappa shape index (κ1) is 10.3. The maximum absolute atomic E-state index is 6.02. The van der Waals surface area contributed by atoms with Gasteiger partial charge in [0.25, 0.3) is 0 Å². The average Bonchev–Trinajstić information content (AvgIpc) is 1.89. The van der Waals surface area contributed by atoms with Crippen molar-refractivity contribution in [2.75, 3.05) is 24.1 Å². The topological polar surface area (TPSA) is 0 Å². The molecule has 0 fully saturated rings. The zero-order valence-electron chi connectivity index (χ0n) is 5.49. The second-order valence-corrected chi connectivity index (χ2v) is 4.92. The van der Waals surface area contributed by atoms with Crippen LogP contribution in [0.25, 0.3) is 0 Å². The van der Waals surface area contributed by atoms with Gasteiger partial charge in [0.05, 0.1) is 5.88 Å². The number of alkyl halides is 2. The van der Waals surface area contributed by atoms with Crippen molar-refractivity contribution >= 4 is 46.7 Å². The molecule has 0 nitrogen and oxygen atoms in total. The molecule has 0 heterocycles. The highest BCUT2D eigenvalue weighted by molar-refractivity contribution is 8.04. The molecule has 0 radical (unpaired) electrons. The zero-order valence-corrected chi connectivity index (χ0v) is 8.63. The number of hydrogen-bond acceptors (Lipinski definition) is 2. The van der Waals surface area contributed by atoms with Gasteiger partial charge in [-0.25, -0.2) is 0 Å². The lowest BCUT2D eigenvalue weighted by molar-refractivity contribution is 1.04. The summed E-state index contributed by atoms with van der Waals surface area (Å²) in [7, 11) is 0. The van der Waals surface area contributed by atoms with Crippen LogP contribution in [-0.4, -0.2) is 28.4 Å². The van der Waals surface area contributed by atoms with Gasteiger partial charge in [-0.2, -0.15) is 11.8 Å². The Kier molecular flexibility index (Phi) is 5.71. The molecule has 9 heavy (non-hydrogen) atoms. The Morgan fingerprint density at radius 1 is 1.44 bits per heavy atom. The van der Waals surface area contributed by atoms with Crippen molar-refractivity contribution in [3.05, 3.63) is 0 Å². The maximum Gasteiger partial charge on any atom is 0.112 e. The number of halogens is 2. The molecule has 0 aromatic rings. The Hall–Kier alpha value is 1.28. The molecule has 0 aliphatic carbocycles. The van der Waals surface area contributed by atoms with Crippen molar-refractivity contribution in [1.29, 1.82) is 0 Å². The molecule has 0 amide bonds. The molecule has 4 heteroatoms. The average molecular weight is 205 g/mol. The van der Waals surface area contributed by atoms with Crippen molar-refractivity contribution in [1.82, 2.24) is 0 Å². The van der Waals surface area contributed by atoms with Crippen molar-refractivity contribution in [2.45, 2.75) is 4.21 Å². The van der Waals surface area contributed by atoms with E-state index in [0.717, 1.165) is 5.75 Å². The third-order valence-corrected chi connectivity index (χ3v) is 4.55. The van der Waals surface area contributed by atoms with Gasteiger partial charge in [0, 0.05) is 5.75 Å². The first-order valence-corrected chi connectivity index (χ1v) is 6.00. The van der Waals surface area contributed by atoms with Gasteiger partial charge in [-0.15, -0.1) is 35.0 Å². The summed E-state index contributed by atoms with van der Waals surface area (Å²) >= 11 is 15.0. The molecule has 1 unspecified atom stereocenters. The van der Waals surface area contributed by atoms with E-state index >= 15 is 0 Å². The Labute approximate surface area is 75.1 Å². The second kappa shape index (κ2) is 5.00. The van der Waals surface area contributed by atoms with Gasteiger partial charge in [0.15, 0.2) is 0 Å². The lowest BCUT2D eigenvalue weighted by Gasteiger charge is -2.19. The van der Waals surface area contributed by atoms with Gasteiger partial charge in [0.2, 0.25) is 0 Å². The molecule has 0 saturated carbocycles. The van der Waals surface area contributed by atoms with Crippen LogP contribution in [0.15, 0.2) is 0 Å². The summed E-state index contributed by atoms with van der Waals surface area (Å²) in [6.07, 6.45) is 4.01. The molecule has 0 aliphatic heterocycles. The minimum absolute atomic E-state index is 0.249. The lowest BCUT2D eigenvalue weighted by Crippen LogP contribution is -2.21. The van der Waals surface area contributed by atoms with Crippen LogP contribution >= 0.6 is 46.7 Å². The summed E-state index contributed by atoms with van der Waals surface area (Å²) in [5.74, 6) is 1.41. The van der Waals surface area contributed by atoms with Crippen LogP contribution in [0.1, 0.15) is 0 Å². The molecule has 0 N–H and O–H groups in total. The summed E-state index contributed by atoms with van der Waals surface area (Å²) in [6.45, 7) is 0. The van der Waals surface area contributed by atoms with E-state index in [2.05, 4.69) is 0 Å². The minimum atomic E-state index is -0.249. The molecule has 0 aliphatic rings. The molecule has 0 saturated heterocycles.